The first-order chi connectivity index (χ1) is 7.63. The third kappa shape index (κ3) is 1.95. The Morgan fingerprint density at radius 2 is 2.44 bits per heavy atom. The summed E-state index contributed by atoms with van der Waals surface area (Å²) in [5.41, 5.74) is -0.138. The molecule has 0 spiro atoms. The third-order valence-corrected chi connectivity index (χ3v) is 3.65. The van der Waals surface area contributed by atoms with Crippen LogP contribution >= 0.6 is 11.8 Å². The number of hydrogen-bond acceptors (Lipinski definition) is 5. The van der Waals surface area contributed by atoms with Gasteiger partial charge in [0.2, 0.25) is 5.43 Å². The van der Waals surface area contributed by atoms with Gasteiger partial charge in [-0.2, -0.15) is 0 Å². The quantitative estimate of drug-likeness (QED) is 0.788. The Morgan fingerprint density at radius 1 is 1.69 bits per heavy atom. The Balaban J connectivity index is 2.29. The molecule has 0 aromatic carbocycles. The average Bonchev–Trinajstić information content (AvgIpc) is 2.74. The van der Waals surface area contributed by atoms with E-state index >= 15 is 0 Å². The van der Waals surface area contributed by atoms with Gasteiger partial charge in [0.15, 0.2) is 5.75 Å². The first-order valence-corrected chi connectivity index (χ1v) is 5.97. The molecule has 2 atom stereocenters. The number of hydrogen-bond donors (Lipinski definition) is 2. The second kappa shape index (κ2) is 4.48. The topological polar surface area (TPSA) is 71.7 Å². The van der Waals surface area contributed by atoms with Crippen LogP contribution in [0.4, 0.5) is 0 Å². The summed E-state index contributed by atoms with van der Waals surface area (Å²) in [6.07, 6.45) is 1.36. The van der Waals surface area contributed by atoms with E-state index < -0.39 is 5.43 Å². The summed E-state index contributed by atoms with van der Waals surface area (Å²) in [4.78, 5) is 11.2. The maximum absolute atomic E-state index is 11.2. The van der Waals surface area contributed by atoms with Gasteiger partial charge in [-0.1, -0.05) is 0 Å². The van der Waals surface area contributed by atoms with Crippen LogP contribution in [0.3, 0.4) is 0 Å². The van der Waals surface area contributed by atoms with Gasteiger partial charge in [-0.25, -0.2) is 0 Å². The van der Waals surface area contributed by atoms with Crippen molar-refractivity contribution in [1.82, 2.24) is 4.57 Å². The highest BCUT2D eigenvalue weighted by atomic mass is 32.2. The van der Waals surface area contributed by atoms with E-state index in [2.05, 4.69) is 0 Å². The average molecular weight is 243 g/mol. The molecule has 1 aliphatic rings. The molecule has 0 unspecified atom stereocenters. The Bertz CT molecular complexity index is 445. The van der Waals surface area contributed by atoms with Crippen LogP contribution in [0.1, 0.15) is 11.9 Å². The SMILES string of the molecule is Cc1c(O)c(=O)ccn1[C@H]1CS[C@@H](CO)O1. The summed E-state index contributed by atoms with van der Waals surface area (Å²) in [5, 5.41) is 18.5. The molecule has 1 fully saturated rings. The molecule has 16 heavy (non-hydrogen) atoms. The number of thioether (sulfide) groups is 1. The lowest BCUT2D eigenvalue weighted by atomic mass is 10.3. The van der Waals surface area contributed by atoms with Gasteiger partial charge in [0, 0.05) is 18.0 Å². The molecule has 6 heteroatoms. The van der Waals surface area contributed by atoms with Crippen LogP contribution in [-0.2, 0) is 4.74 Å². The van der Waals surface area contributed by atoms with Gasteiger partial charge in [0.1, 0.15) is 11.7 Å². The van der Waals surface area contributed by atoms with E-state index in [0.717, 1.165) is 0 Å². The van der Waals surface area contributed by atoms with Crippen LogP contribution in [-0.4, -0.2) is 32.6 Å². The van der Waals surface area contributed by atoms with Gasteiger partial charge in [0.05, 0.1) is 12.3 Å². The summed E-state index contributed by atoms with van der Waals surface area (Å²) in [6, 6.07) is 1.31. The van der Waals surface area contributed by atoms with E-state index in [1.807, 2.05) is 0 Å². The maximum atomic E-state index is 11.2. The van der Waals surface area contributed by atoms with Crippen molar-refractivity contribution in [2.75, 3.05) is 12.4 Å². The molecule has 88 valence electrons. The molecular formula is C10H13NO4S. The second-order valence-corrected chi connectivity index (χ2v) is 4.75. The lowest BCUT2D eigenvalue weighted by Gasteiger charge is -2.18. The normalized spacial score (nSPS) is 24.9. The van der Waals surface area contributed by atoms with Crippen molar-refractivity contribution in [2.24, 2.45) is 0 Å². The van der Waals surface area contributed by atoms with Crippen molar-refractivity contribution in [3.8, 4) is 5.75 Å². The van der Waals surface area contributed by atoms with Crippen LogP contribution in [0.5, 0.6) is 5.75 Å². The molecule has 2 N–H and O–H groups in total. The van der Waals surface area contributed by atoms with Gasteiger partial charge in [-0.3, -0.25) is 4.79 Å². The highest BCUT2D eigenvalue weighted by Crippen LogP contribution is 2.32. The highest BCUT2D eigenvalue weighted by Gasteiger charge is 2.27. The fourth-order valence-electron chi connectivity index (χ4n) is 1.64. The number of ether oxygens (including phenoxy) is 1. The molecular weight excluding hydrogens is 230 g/mol. The molecule has 0 radical (unpaired) electrons. The van der Waals surface area contributed by atoms with Crippen LogP contribution in [0, 0.1) is 6.92 Å². The van der Waals surface area contributed by atoms with Gasteiger partial charge in [-0.15, -0.1) is 11.8 Å². The van der Waals surface area contributed by atoms with Crippen LogP contribution in [0.15, 0.2) is 17.1 Å². The smallest absolute Gasteiger partial charge is 0.223 e. The zero-order chi connectivity index (χ0) is 11.7. The Labute approximate surface area is 96.7 Å². The van der Waals surface area contributed by atoms with Crippen LogP contribution < -0.4 is 5.43 Å². The number of aromatic hydroxyl groups is 1. The molecule has 1 saturated heterocycles. The molecule has 0 saturated carbocycles. The molecule has 0 aliphatic carbocycles. The lowest BCUT2D eigenvalue weighted by molar-refractivity contribution is -0.00539. The number of aliphatic hydroxyl groups is 1. The molecule has 0 amide bonds. The van der Waals surface area contributed by atoms with Gasteiger partial charge in [-0.05, 0) is 6.92 Å². The summed E-state index contributed by atoms with van der Waals surface area (Å²) >= 11 is 1.51. The molecule has 1 aromatic heterocycles. The maximum Gasteiger partial charge on any atom is 0.223 e. The summed E-state index contributed by atoms with van der Waals surface area (Å²) in [7, 11) is 0. The van der Waals surface area contributed by atoms with E-state index in [1.54, 1.807) is 17.7 Å². The van der Waals surface area contributed by atoms with E-state index in [4.69, 9.17) is 9.84 Å². The minimum absolute atomic E-state index is 0.0353. The standard InChI is InChI=1S/C10H13NO4S/c1-6-10(14)7(13)2-3-11(6)8-5-16-9(4-12)15-8/h2-3,8-9,12,14H,4-5H2,1H3/t8-,9+/m1/s1. The van der Waals surface area contributed by atoms with Crippen molar-refractivity contribution in [2.45, 2.75) is 18.6 Å². The molecule has 0 bridgehead atoms. The molecule has 2 heterocycles. The molecule has 2 rings (SSSR count). The van der Waals surface area contributed by atoms with Gasteiger partial charge < -0.3 is 19.5 Å². The van der Waals surface area contributed by atoms with Gasteiger partial charge >= 0.3 is 0 Å². The number of rotatable bonds is 2. The Morgan fingerprint density at radius 3 is 3.06 bits per heavy atom. The van der Waals surface area contributed by atoms with Gasteiger partial charge in [0.25, 0.3) is 0 Å². The predicted molar refractivity (Wildman–Crippen MR) is 60.6 cm³/mol. The highest BCUT2D eigenvalue weighted by molar-refractivity contribution is 8.00. The first-order valence-electron chi connectivity index (χ1n) is 4.92. The number of pyridine rings is 1. The van der Waals surface area contributed by atoms with Crippen LogP contribution in [0.2, 0.25) is 0 Å². The zero-order valence-corrected chi connectivity index (χ0v) is 9.61. The third-order valence-electron chi connectivity index (χ3n) is 2.54. The number of nitrogens with zero attached hydrogens (tertiary/aromatic N) is 1. The van der Waals surface area contributed by atoms with E-state index in [-0.39, 0.29) is 24.0 Å². The fourth-order valence-corrected chi connectivity index (χ4v) is 2.57. The summed E-state index contributed by atoms with van der Waals surface area (Å²) < 4.78 is 7.24. The van der Waals surface area contributed by atoms with Crippen molar-refractivity contribution >= 4 is 11.8 Å². The predicted octanol–water partition coefficient (Wildman–Crippen LogP) is 0.443. The summed E-state index contributed by atoms with van der Waals surface area (Å²) in [5.74, 6) is 0.442. The largest absolute Gasteiger partial charge is 0.503 e. The fraction of sp³-hybridized carbons (Fsp3) is 0.500. The zero-order valence-electron chi connectivity index (χ0n) is 8.79. The van der Waals surface area contributed by atoms with Crippen LogP contribution in [0.25, 0.3) is 0 Å². The molecule has 1 aromatic rings. The number of aliphatic hydroxyl groups excluding tert-OH is 1. The monoisotopic (exact) mass is 243 g/mol. The Hall–Kier alpha value is -0.980. The minimum Gasteiger partial charge on any atom is -0.503 e. The second-order valence-electron chi connectivity index (χ2n) is 3.56. The first kappa shape index (κ1) is 11.5. The molecule has 5 nitrogen and oxygen atoms in total. The number of aromatic nitrogens is 1. The minimum atomic E-state index is -0.391. The van der Waals surface area contributed by atoms with E-state index in [0.29, 0.717) is 11.4 Å². The van der Waals surface area contributed by atoms with Crippen molar-refractivity contribution < 1.29 is 14.9 Å². The van der Waals surface area contributed by atoms with Crippen molar-refractivity contribution in [1.29, 1.82) is 0 Å². The van der Waals surface area contributed by atoms with Crippen molar-refractivity contribution in [3.05, 3.63) is 28.2 Å². The Kier molecular flexibility index (Phi) is 3.22. The van der Waals surface area contributed by atoms with E-state index in [9.17, 15) is 9.90 Å². The van der Waals surface area contributed by atoms with Crippen molar-refractivity contribution in [3.63, 3.8) is 0 Å². The van der Waals surface area contributed by atoms with E-state index in [1.165, 1.54) is 17.8 Å². The molecule has 1 aliphatic heterocycles. The lowest BCUT2D eigenvalue weighted by Crippen LogP contribution is -2.18. The summed E-state index contributed by atoms with van der Waals surface area (Å²) in [6.45, 7) is 1.63.